The molecule has 3 N–H and O–H groups in total. The van der Waals surface area contributed by atoms with Gasteiger partial charge in [0.1, 0.15) is 6.10 Å². The van der Waals surface area contributed by atoms with Gasteiger partial charge in [0.25, 0.3) is 0 Å². The van der Waals surface area contributed by atoms with Crippen molar-refractivity contribution in [2.24, 2.45) is 11.8 Å². The van der Waals surface area contributed by atoms with Crippen molar-refractivity contribution in [3.05, 3.63) is 48.0 Å². The topological polar surface area (TPSA) is 114 Å². The van der Waals surface area contributed by atoms with E-state index in [0.717, 1.165) is 5.56 Å². The molecule has 1 aliphatic rings. The number of aliphatic hydroxyl groups excluding tert-OH is 1. The number of hydrogen-bond acceptors (Lipinski definition) is 6. The number of aliphatic hydroxyl groups is 1. The molecular weight excluding hydrogens is 412 g/mol. The molecule has 1 aromatic rings. The van der Waals surface area contributed by atoms with Gasteiger partial charge in [-0.25, -0.2) is 0 Å². The first-order valence-electron chi connectivity index (χ1n) is 11.0. The smallest absolute Gasteiger partial charge is 0.309 e. The highest BCUT2D eigenvalue weighted by atomic mass is 16.5. The molecule has 8 nitrogen and oxygen atoms in total. The van der Waals surface area contributed by atoms with Crippen LogP contribution in [0.2, 0.25) is 0 Å². The first-order valence-corrected chi connectivity index (χ1v) is 11.0. The van der Waals surface area contributed by atoms with Crippen molar-refractivity contribution in [2.45, 2.75) is 51.3 Å². The summed E-state index contributed by atoms with van der Waals surface area (Å²) < 4.78 is 11.2. The summed E-state index contributed by atoms with van der Waals surface area (Å²) in [5.41, 5.74) is 0.745. The first kappa shape index (κ1) is 25.5. The second-order valence-corrected chi connectivity index (χ2v) is 8.23. The van der Waals surface area contributed by atoms with Crippen LogP contribution in [0.15, 0.2) is 42.5 Å². The Balaban J connectivity index is 2.32. The summed E-state index contributed by atoms with van der Waals surface area (Å²) in [6, 6.07) is 8.20. The van der Waals surface area contributed by atoms with Gasteiger partial charge in [-0.2, -0.15) is 0 Å². The van der Waals surface area contributed by atoms with Gasteiger partial charge in [-0.3, -0.25) is 14.4 Å². The van der Waals surface area contributed by atoms with E-state index in [2.05, 4.69) is 10.6 Å². The van der Waals surface area contributed by atoms with E-state index >= 15 is 0 Å². The zero-order valence-corrected chi connectivity index (χ0v) is 19.0. The number of allylic oxidation sites excluding steroid dienone is 2. The molecule has 0 bridgehead atoms. The second kappa shape index (κ2) is 13.0. The summed E-state index contributed by atoms with van der Waals surface area (Å²) in [5, 5.41) is 14.8. The van der Waals surface area contributed by atoms with Gasteiger partial charge in [0.05, 0.1) is 31.1 Å². The molecular formula is C24H34N2O6. The minimum Gasteiger partial charge on any atom is -0.455 e. The van der Waals surface area contributed by atoms with Crippen molar-refractivity contribution < 1.29 is 29.0 Å². The van der Waals surface area contributed by atoms with Crippen LogP contribution >= 0.6 is 0 Å². The van der Waals surface area contributed by atoms with E-state index in [1.165, 1.54) is 7.11 Å². The van der Waals surface area contributed by atoms with Crippen molar-refractivity contribution in [3.63, 3.8) is 0 Å². The highest BCUT2D eigenvalue weighted by Gasteiger charge is 2.32. The van der Waals surface area contributed by atoms with Crippen LogP contribution in [0.5, 0.6) is 0 Å². The van der Waals surface area contributed by atoms with Crippen LogP contribution in [0.1, 0.15) is 44.8 Å². The van der Waals surface area contributed by atoms with Crippen molar-refractivity contribution in [2.75, 3.05) is 20.3 Å². The largest absolute Gasteiger partial charge is 0.455 e. The maximum absolute atomic E-state index is 13.2. The fourth-order valence-electron chi connectivity index (χ4n) is 3.49. The fourth-order valence-corrected chi connectivity index (χ4v) is 3.49. The fraction of sp³-hybridized carbons (Fsp3) is 0.542. The highest BCUT2D eigenvalue weighted by Crippen LogP contribution is 2.25. The number of hydrogen-bond donors (Lipinski definition) is 3. The van der Waals surface area contributed by atoms with E-state index in [9.17, 15) is 14.4 Å². The minimum atomic E-state index is -0.734. The van der Waals surface area contributed by atoms with E-state index in [-0.39, 0.29) is 43.3 Å². The molecule has 0 spiro atoms. The molecule has 2 amide bonds. The van der Waals surface area contributed by atoms with Crippen LogP contribution in [0.25, 0.3) is 0 Å². The Bertz CT molecular complexity index is 782. The molecule has 0 saturated heterocycles. The number of carbonyl (C=O) groups excluding carboxylic acids is 3. The maximum atomic E-state index is 13.2. The van der Waals surface area contributed by atoms with Gasteiger partial charge in [0.2, 0.25) is 11.8 Å². The monoisotopic (exact) mass is 446 g/mol. The van der Waals surface area contributed by atoms with E-state index in [4.69, 9.17) is 14.6 Å². The standard InChI is InChI=1S/C24H34N2O6/c1-16-9-7-8-12-19(13-21(28)25-17(2)14-27)23(29)26-20(15-31-3)22(32-24(16)30)18-10-5-4-6-11-18/h4-8,10-11,16-17,19-20,22,27H,9,12-15H2,1-3H3,(H,25,28)(H,26,29)/t16?,17-,19?,20?,22?/m0/s1. The number of cyclic esters (lactones) is 1. The highest BCUT2D eigenvalue weighted by molar-refractivity contribution is 5.86. The van der Waals surface area contributed by atoms with Crippen LogP contribution in [-0.2, 0) is 23.9 Å². The normalized spacial score (nSPS) is 25.6. The molecule has 1 aromatic carbocycles. The average Bonchev–Trinajstić information content (AvgIpc) is 2.78. The molecule has 176 valence electrons. The van der Waals surface area contributed by atoms with E-state index in [0.29, 0.717) is 12.8 Å². The summed E-state index contributed by atoms with van der Waals surface area (Å²) in [4.78, 5) is 38.2. The molecule has 0 aromatic heterocycles. The number of rotatable bonds is 7. The number of amides is 2. The van der Waals surface area contributed by atoms with Gasteiger partial charge in [-0.15, -0.1) is 0 Å². The Morgan fingerprint density at radius 3 is 2.59 bits per heavy atom. The lowest BCUT2D eigenvalue weighted by Crippen LogP contribution is -2.47. The summed E-state index contributed by atoms with van der Waals surface area (Å²) in [6.07, 6.45) is 3.72. The third-order valence-corrected chi connectivity index (χ3v) is 5.37. The van der Waals surface area contributed by atoms with E-state index in [1.54, 1.807) is 13.8 Å². The number of ether oxygens (including phenoxy) is 2. The van der Waals surface area contributed by atoms with Crippen LogP contribution in [-0.4, -0.2) is 55.3 Å². The first-order chi connectivity index (χ1) is 15.3. The Hall–Kier alpha value is -2.71. The van der Waals surface area contributed by atoms with E-state index in [1.807, 2.05) is 42.5 Å². The molecule has 5 atom stereocenters. The van der Waals surface area contributed by atoms with Gasteiger partial charge >= 0.3 is 5.97 Å². The molecule has 2 rings (SSSR count). The minimum absolute atomic E-state index is 0.0223. The maximum Gasteiger partial charge on any atom is 0.309 e. The molecule has 0 aliphatic carbocycles. The lowest BCUT2D eigenvalue weighted by atomic mass is 9.95. The van der Waals surface area contributed by atoms with Crippen LogP contribution < -0.4 is 10.6 Å². The van der Waals surface area contributed by atoms with Crippen molar-refractivity contribution in [1.29, 1.82) is 0 Å². The zero-order valence-electron chi connectivity index (χ0n) is 19.0. The zero-order chi connectivity index (χ0) is 23.5. The average molecular weight is 447 g/mol. The molecule has 8 heteroatoms. The third kappa shape index (κ3) is 7.76. The Labute approximate surface area is 189 Å². The van der Waals surface area contributed by atoms with E-state index < -0.39 is 24.1 Å². The number of carbonyl (C=O) groups is 3. The van der Waals surface area contributed by atoms with Gasteiger partial charge < -0.3 is 25.2 Å². The Kier molecular flexibility index (Phi) is 10.4. The number of nitrogens with one attached hydrogen (secondary N) is 2. The third-order valence-electron chi connectivity index (χ3n) is 5.37. The van der Waals surface area contributed by atoms with Crippen LogP contribution in [0.3, 0.4) is 0 Å². The molecule has 0 fully saturated rings. The summed E-state index contributed by atoms with van der Waals surface area (Å²) in [7, 11) is 1.51. The van der Waals surface area contributed by atoms with Crippen LogP contribution in [0, 0.1) is 11.8 Å². The molecule has 1 heterocycles. The predicted octanol–water partition coefficient (Wildman–Crippen LogP) is 1.89. The quantitative estimate of drug-likeness (QED) is 0.435. The van der Waals surface area contributed by atoms with Gasteiger partial charge in [0.15, 0.2) is 0 Å². The molecule has 32 heavy (non-hydrogen) atoms. The van der Waals surface area contributed by atoms with Gasteiger partial charge in [-0.1, -0.05) is 49.4 Å². The van der Waals surface area contributed by atoms with Crippen LogP contribution in [0.4, 0.5) is 0 Å². The summed E-state index contributed by atoms with van der Waals surface area (Å²) in [6.45, 7) is 3.43. The van der Waals surface area contributed by atoms with Crippen molar-refractivity contribution in [3.8, 4) is 0 Å². The van der Waals surface area contributed by atoms with Crippen molar-refractivity contribution >= 4 is 17.8 Å². The van der Waals surface area contributed by atoms with Gasteiger partial charge in [-0.05, 0) is 25.3 Å². The Morgan fingerprint density at radius 2 is 1.94 bits per heavy atom. The lowest BCUT2D eigenvalue weighted by Gasteiger charge is -2.30. The Morgan fingerprint density at radius 1 is 1.25 bits per heavy atom. The second-order valence-electron chi connectivity index (χ2n) is 8.23. The number of methoxy groups -OCH3 is 1. The summed E-state index contributed by atoms with van der Waals surface area (Å²) >= 11 is 0. The molecule has 1 aliphatic heterocycles. The SMILES string of the molecule is COCC1NC(=O)C(CC(=O)N[C@@H](C)CO)CC=CCC(C)C(=O)OC1c1ccccc1. The lowest BCUT2D eigenvalue weighted by molar-refractivity contribution is -0.157. The van der Waals surface area contributed by atoms with Crippen molar-refractivity contribution in [1.82, 2.24) is 10.6 Å². The molecule has 0 saturated carbocycles. The van der Waals surface area contributed by atoms with Gasteiger partial charge in [0, 0.05) is 19.6 Å². The number of esters is 1. The summed E-state index contributed by atoms with van der Waals surface area (Å²) in [5.74, 6) is -1.96. The molecule has 4 unspecified atom stereocenters. The number of benzene rings is 1. The molecule has 0 radical (unpaired) electrons. The predicted molar refractivity (Wildman–Crippen MR) is 119 cm³/mol.